The zero-order chi connectivity index (χ0) is 16.8. The summed E-state index contributed by atoms with van der Waals surface area (Å²) in [6.45, 7) is 0.422. The van der Waals surface area contributed by atoms with E-state index in [0.29, 0.717) is 6.54 Å². The van der Waals surface area contributed by atoms with Gasteiger partial charge < -0.3 is 4.74 Å². The summed E-state index contributed by atoms with van der Waals surface area (Å²) in [4.78, 5) is 12.0. The van der Waals surface area contributed by atoms with Crippen LogP contribution in [0.1, 0.15) is 5.56 Å². The van der Waals surface area contributed by atoms with E-state index in [4.69, 9.17) is 4.74 Å². The molecule has 3 rings (SSSR count). The third kappa shape index (κ3) is 3.79. The van der Waals surface area contributed by atoms with Gasteiger partial charge in [0.25, 0.3) is 5.56 Å². The predicted octanol–water partition coefficient (Wildman–Crippen LogP) is 3.63. The van der Waals surface area contributed by atoms with E-state index in [1.807, 2.05) is 66.7 Å². The van der Waals surface area contributed by atoms with Crippen molar-refractivity contribution in [1.82, 2.24) is 9.78 Å². The van der Waals surface area contributed by atoms with Crippen molar-refractivity contribution in [3.8, 4) is 17.0 Å². The summed E-state index contributed by atoms with van der Waals surface area (Å²) in [5, 5.41) is 4.45. The van der Waals surface area contributed by atoms with E-state index in [1.54, 1.807) is 13.2 Å². The van der Waals surface area contributed by atoms with E-state index in [9.17, 15) is 4.79 Å². The smallest absolute Gasteiger partial charge is 0.267 e. The molecule has 0 bridgehead atoms. The van der Waals surface area contributed by atoms with Crippen LogP contribution in [0.5, 0.6) is 5.75 Å². The van der Waals surface area contributed by atoms with Gasteiger partial charge >= 0.3 is 0 Å². The van der Waals surface area contributed by atoms with Gasteiger partial charge in [-0.25, -0.2) is 4.68 Å². The van der Waals surface area contributed by atoms with Gasteiger partial charge in [-0.3, -0.25) is 4.79 Å². The maximum absolute atomic E-state index is 12.0. The fourth-order valence-corrected chi connectivity index (χ4v) is 2.37. The molecule has 24 heavy (non-hydrogen) atoms. The van der Waals surface area contributed by atoms with Crippen molar-refractivity contribution < 1.29 is 4.74 Å². The molecule has 3 aromatic rings. The third-order valence-electron chi connectivity index (χ3n) is 3.62. The molecule has 4 heteroatoms. The molecular formula is C20H18N2O2. The van der Waals surface area contributed by atoms with Crippen LogP contribution in [0.4, 0.5) is 0 Å². The van der Waals surface area contributed by atoms with E-state index in [2.05, 4.69) is 5.10 Å². The van der Waals surface area contributed by atoms with Crippen LogP contribution in [-0.4, -0.2) is 16.9 Å². The van der Waals surface area contributed by atoms with Crippen LogP contribution in [0.25, 0.3) is 17.3 Å². The van der Waals surface area contributed by atoms with Crippen molar-refractivity contribution >= 4 is 6.08 Å². The first kappa shape index (κ1) is 15.7. The third-order valence-corrected chi connectivity index (χ3v) is 3.62. The van der Waals surface area contributed by atoms with Gasteiger partial charge in [-0.05, 0) is 23.8 Å². The number of ether oxygens (including phenoxy) is 1. The van der Waals surface area contributed by atoms with E-state index in [1.165, 1.54) is 10.7 Å². The zero-order valence-corrected chi connectivity index (χ0v) is 13.4. The lowest BCUT2D eigenvalue weighted by Crippen LogP contribution is -2.21. The maximum Gasteiger partial charge on any atom is 0.267 e. The van der Waals surface area contributed by atoms with E-state index in [0.717, 1.165) is 22.6 Å². The molecule has 4 nitrogen and oxygen atoms in total. The Morgan fingerprint density at radius 1 is 1.04 bits per heavy atom. The average molecular weight is 318 g/mol. The predicted molar refractivity (Wildman–Crippen MR) is 96.0 cm³/mol. The monoisotopic (exact) mass is 318 g/mol. The topological polar surface area (TPSA) is 44.1 Å². The molecule has 0 saturated carbocycles. The summed E-state index contributed by atoms with van der Waals surface area (Å²) in [5.74, 6) is 0.760. The molecule has 0 aliphatic rings. The molecule has 0 amide bonds. The molecule has 0 aliphatic heterocycles. The zero-order valence-electron chi connectivity index (χ0n) is 13.4. The quantitative estimate of drug-likeness (QED) is 0.721. The van der Waals surface area contributed by atoms with Crippen LogP contribution in [0.3, 0.4) is 0 Å². The Kier molecular flexibility index (Phi) is 4.87. The Bertz CT molecular complexity index is 899. The van der Waals surface area contributed by atoms with Crippen molar-refractivity contribution in [1.29, 1.82) is 0 Å². The number of methoxy groups -OCH3 is 1. The SMILES string of the molecule is COc1cccc(-c2ccc(=O)n(CC=Cc3ccccc3)n2)c1. The molecule has 0 fully saturated rings. The van der Waals surface area contributed by atoms with Crippen molar-refractivity contribution in [2.24, 2.45) is 0 Å². The van der Waals surface area contributed by atoms with Gasteiger partial charge in [-0.2, -0.15) is 5.10 Å². The second-order valence-corrected chi connectivity index (χ2v) is 5.28. The fourth-order valence-electron chi connectivity index (χ4n) is 2.37. The van der Waals surface area contributed by atoms with Crippen LogP contribution in [-0.2, 0) is 6.54 Å². The van der Waals surface area contributed by atoms with Crippen molar-refractivity contribution in [3.05, 3.63) is 88.7 Å². The summed E-state index contributed by atoms with van der Waals surface area (Å²) >= 11 is 0. The standard InChI is InChI=1S/C20H18N2O2/c1-24-18-11-5-10-17(15-18)19-12-13-20(23)22(21-19)14-6-9-16-7-3-2-4-8-16/h2-13,15H,14H2,1H3. The number of rotatable bonds is 5. The molecule has 2 aromatic carbocycles. The van der Waals surface area contributed by atoms with Gasteiger partial charge in [0, 0.05) is 11.6 Å². The Labute approximate surface area is 140 Å². The Morgan fingerprint density at radius 3 is 2.67 bits per heavy atom. The number of aromatic nitrogens is 2. The van der Waals surface area contributed by atoms with Gasteiger partial charge in [0.05, 0.1) is 19.3 Å². The second kappa shape index (κ2) is 7.42. The van der Waals surface area contributed by atoms with Crippen LogP contribution >= 0.6 is 0 Å². The summed E-state index contributed by atoms with van der Waals surface area (Å²) < 4.78 is 6.69. The molecule has 0 atom stereocenters. The van der Waals surface area contributed by atoms with Crippen LogP contribution in [0.2, 0.25) is 0 Å². The normalized spacial score (nSPS) is 10.9. The molecule has 0 unspecified atom stereocenters. The summed E-state index contributed by atoms with van der Waals surface area (Å²) in [6.07, 6.45) is 3.91. The number of hydrogen-bond acceptors (Lipinski definition) is 3. The Hall–Kier alpha value is -3.14. The Morgan fingerprint density at radius 2 is 1.88 bits per heavy atom. The van der Waals surface area contributed by atoms with Gasteiger partial charge in [-0.15, -0.1) is 0 Å². The number of hydrogen-bond donors (Lipinski definition) is 0. The van der Waals surface area contributed by atoms with E-state index < -0.39 is 0 Å². The highest BCUT2D eigenvalue weighted by atomic mass is 16.5. The largest absolute Gasteiger partial charge is 0.497 e. The van der Waals surface area contributed by atoms with Crippen LogP contribution in [0, 0.1) is 0 Å². The minimum Gasteiger partial charge on any atom is -0.497 e. The van der Waals surface area contributed by atoms with Gasteiger partial charge in [-0.1, -0.05) is 54.6 Å². The molecule has 120 valence electrons. The molecule has 1 heterocycles. The molecule has 1 aromatic heterocycles. The molecule has 0 saturated heterocycles. The number of benzene rings is 2. The van der Waals surface area contributed by atoms with Gasteiger partial charge in [0.1, 0.15) is 5.75 Å². The van der Waals surface area contributed by atoms with Crippen LogP contribution < -0.4 is 10.3 Å². The molecular weight excluding hydrogens is 300 g/mol. The summed E-state index contributed by atoms with van der Waals surface area (Å²) in [5.41, 5.74) is 2.62. The fraction of sp³-hybridized carbons (Fsp3) is 0.100. The van der Waals surface area contributed by atoms with Gasteiger partial charge in [0.2, 0.25) is 0 Å². The lowest BCUT2D eigenvalue weighted by molar-refractivity contribution is 0.415. The first-order valence-electron chi connectivity index (χ1n) is 7.70. The van der Waals surface area contributed by atoms with Crippen molar-refractivity contribution in [2.75, 3.05) is 7.11 Å². The highest BCUT2D eigenvalue weighted by Crippen LogP contribution is 2.21. The second-order valence-electron chi connectivity index (χ2n) is 5.28. The van der Waals surface area contributed by atoms with E-state index >= 15 is 0 Å². The summed E-state index contributed by atoms with van der Waals surface area (Å²) in [6, 6.07) is 20.9. The molecule has 0 radical (unpaired) electrons. The van der Waals surface area contributed by atoms with Gasteiger partial charge in [0.15, 0.2) is 0 Å². The van der Waals surface area contributed by atoms with Crippen LogP contribution in [0.15, 0.2) is 77.6 Å². The summed E-state index contributed by atoms with van der Waals surface area (Å²) in [7, 11) is 1.63. The lowest BCUT2D eigenvalue weighted by atomic mass is 10.1. The highest BCUT2D eigenvalue weighted by Gasteiger charge is 2.04. The van der Waals surface area contributed by atoms with E-state index in [-0.39, 0.29) is 5.56 Å². The number of allylic oxidation sites excluding steroid dienone is 1. The first-order chi connectivity index (χ1) is 11.8. The molecule has 0 aliphatic carbocycles. The highest BCUT2D eigenvalue weighted by molar-refractivity contribution is 5.60. The lowest BCUT2D eigenvalue weighted by Gasteiger charge is -2.06. The minimum atomic E-state index is -0.126. The average Bonchev–Trinajstić information content (AvgIpc) is 2.64. The first-order valence-corrected chi connectivity index (χ1v) is 7.70. The minimum absolute atomic E-state index is 0.126. The van der Waals surface area contributed by atoms with Crippen molar-refractivity contribution in [3.63, 3.8) is 0 Å². The Balaban J connectivity index is 1.84. The molecule has 0 N–H and O–H groups in total. The van der Waals surface area contributed by atoms with Crippen molar-refractivity contribution in [2.45, 2.75) is 6.54 Å². The molecule has 0 spiro atoms. The maximum atomic E-state index is 12.0. The number of nitrogens with zero attached hydrogens (tertiary/aromatic N) is 2.